The smallest absolute Gasteiger partial charge is 0.306 e. The van der Waals surface area contributed by atoms with Crippen molar-refractivity contribution in [3.63, 3.8) is 0 Å². The summed E-state index contributed by atoms with van der Waals surface area (Å²) < 4.78 is 0. The maximum atomic E-state index is 12.9. The van der Waals surface area contributed by atoms with Crippen molar-refractivity contribution in [2.45, 2.75) is 20.3 Å². The number of aryl methyl sites for hydroxylation is 1. The Balaban J connectivity index is 1.90. The minimum Gasteiger partial charge on any atom is -0.481 e. The zero-order valence-electron chi connectivity index (χ0n) is 13.3. The minimum absolute atomic E-state index is 0.0464. The molecule has 2 unspecified atom stereocenters. The van der Waals surface area contributed by atoms with Gasteiger partial charge < -0.3 is 10.0 Å². The summed E-state index contributed by atoms with van der Waals surface area (Å²) in [6.07, 6.45) is 0.499. The van der Waals surface area contributed by atoms with Gasteiger partial charge in [-0.25, -0.2) is 0 Å². The van der Waals surface area contributed by atoms with E-state index in [4.69, 9.17) is 0 Å². The molecule has 1 aliphatic rings. The highest BCUT2D eigenvalue weighted by molar-refractivity contribution is 6.05. The number of carboxylic acid groups (broad SMARTS) is 1. The van der Waals surface area contributed by atoms with Gasteiger partial charge in [-0.15, -0.1) is 0 Å². The summed E-state index contributed by atoms with van der Waals surface area (Å²) >= 11 is 0. The number of para-hydroxylation sites is 1. The Kier molecular flexibility index (Phi) is 4.03. The molecule has 5 nitrogen and oxygen atoms in total. The second-order valence-corrected chi connectivity index (χ2v) is 6.29. The van der Waals surface area contributed by atoms with Gasteiger partial charge in [-0.2, -0.15) is 0 Å². The number of carboxylic acids is 1. The lowest BCUT2D eigenvalue weighted by molar-refractivity contribution is -0.145. The number of carbonyl (C=O) groups excluding carboxylic acids is 1. The fourth-order valence-corrected chi connectivity index (χ4v) is 3.28. The summed E-state index contributed by atoms with van der Waals surface area (Å²) in [4.78, 5) is 30.4. The molecule has 0 bridgehead atoms. The molecule has 1 saturated heterocycles. The van der Waals surface area contributed by atoms with Crippen LogP contribution in [0.2, 0.25) is 0 Å². The Hall–Kier alpha value is -2.43. The molecule has 0 radical (unpaired) electrons. The van der Waals surface area contributed by atoms with Gasteiger partial charge in [-0.3, -0.25) is 14.6 Å². The maximum Gasteiger partial charge on any atom is 0.306 e. The van der Waals surface area contributed by atoms with Crippen molar-refractivity contribution in [2.75, 3.05) is 13.1 Å². The number of rotatable bonds is 2. The predicted octanol–water partition coefficient (Wildman–Crippen LogP) is 2.73. The van der Waals surface area contributed by atoms with E-state index in [0.29, 0.717) is 30.6 Å². The van der Waals surface area contributed by atoms with Crippen LogP contribution in [-0.4, -0.2) is 40.0 Å². The van der Waals surface area contributed by atoms with E-state index in [1.165, 1.54) is 0 Å². The molecule has 1 amide bonds. The van der Waals surface area contributed by atoms with E-state index in [1.807, 2.05) is 38.1 Å². The first-order chi connectivity index (χ1) is 11.0. The van der Waals surface area contributed by atoms with Gasteiger partial charge in [-0.05, 0) is 31.4 Å². The average molecular weight is 312 g/mol. The summed E-state index contributed by atoms with van der Waals surface area (Å²) in [5.74, 6) is -1.25. The van der Waals surface area contributed by atoms with Crippen LogP contribution in [0.25, 0.3) is 10.9 Å². The number of fused-ring (bicyclic) bond motifs is 1. The van der Waals surface area contributed by atoms with E-state index < -0.39 is 5.97 Å². The van der Waals surface area contributed by atoms with E-state index in [2.05, 4.69) is 4.98 Å². The van der Waals surface area contributed by atoms with Crippen LogP contribution in [0.5, 0.6) is 0 Å². The normalized spacial score (nSPS) is 21.4. The number of likely N-dealkylation sites (tertiary alicyclic amines) is 1. The molecule has 3 rings (SSSR count). The van der Waals surface area contributed by atoms with Crippen LogP contribution in [0.1, 0.15) is 29.4 Å². The van der Waals surface area contributed by atoms with Crippen molar-refractivity contribution in [3.8, 4) is 0 Å². The van der Waals surface area contributed by atoms with Crippen molar-refractivity contribution < 1.29 is 14.7 Å². The lowest BCUT2D eigenvalue weighted by atomic mass is 9.86. The van der Waals surface area contributed by atoms with Crippen LogP contribution < -0.4 is 0 Å². The molecule has 0 aliphatic carbocycles. The van der Waals surface area contributed by atoms with Gasteiger partial charge in [0, 0.05) is 24.2 Å². The molecule has 2 heterocycles. The summed E-state index contributed by atoms with van der Waals surface area (Å²) in [5.41, 5.74) is 2.17. The summed E-state index contributed by atoms with van der Waals surface area (Å²) in [6, 6.07) is 9.49. The zero-order chi connectivity index (χ0) is 16.6. The number of hydrogen-bond acceptors (Lipinski definition) is 3. The number of aliphatic carboxylic acids is 1. The summed E-state index contributed by atoms with van der Waals surface area (Å²) in [6.45, 7) is 4.74. The number of amides is 1. The van der Waals surface area contributed by atoms with E-state index in [1.54, 1.807) is 11.0 Å². The van der Waals surface area contributed by atoms with Crippen molar-refractivity contribution in [1.82, 2.24) is 9.88 Å². The number of piperidine rings is 1. The fraction of sp³-hybridized carbons (Fsp3) is 0.389. The minimum atomic E-state index is -0.771. The fourth-order valence-electron chi connectivity index (χ4n) is 3.28. The standard InChI is InChI=1S/C18H20N2O3/c1-11-10-20(9-8-14(11)18(22)23)17(21)15-5-3-4-13-7-6-12(2)19-16(13)15/h3-7,11,14H,8-10H2,1-2H3,(H,22,23). The molecule has 5 heteroatoms. The van der Waals surface area contributed by atoms with Gasteiger partial charge in [0.25, 0.3) is 5.91 Å². The predicted molar refractivity (Wildman–Crippen MR) is 87.3 cm³/mol. The van der Waals surface area contributed by atoms with Crippen LogP contribution >= 0.6 is 0 Å². The molecule has 2 atom stereocenters. The largest absolute Gasteiger partial charge is 0.481 e. The van der Waals surface area contributed by atoms with Gasteiger partial charge in [0.2, 0.25) is 0 Å². The quantitative estimate of drug-likeness (QED) is 0.925. The Morgan fingerprint density at radius 2 is 2.04 bits per heavy atom. The molecule has 2 aromatic rings. The molecular weight excluding hydrogens is 292 g/mol. The molecule has 1 aromatic heterocycles. The molecule has 0 spiro atoms. The Morgan fingerprint density at radius 1 is 1.26 bits per heavy atom. The topological polar surface area (TPSA) is 70.5 Å². The van der Waals surface area contributed by atoms with Crippen molar-refractivity contribution in [2.24, 2.45) is 11.8 Å². The summed E-state index contributed by atoms with van der Waals surface area (Å²) in [5, 5.41) is 10.1. The number of carbonyl (C=O) groups is 2. The van der Waals surface area contributed by atoms with Gasteiger partial charge >= 0.3 is 5.97 Å². The molecule has 1 aromatic carbocycles. The van der Waals surface area contributed by atoms with Crippen LogP contribution in [-0.2, 0) is 4.79 Å². The SMILES string of the molecule is Cc1ccc2cccc(C(=O)N3CCC(C(=O)O)C(C)C3)c2n1. The Bertz CT molecular complexity index is 772. The number of pyridine rings is 1. The van der Waals surface area contributed by atoms with Crippen molar-refractivity contribution in [1.29, 1.82) is 0 Å². The molecule has 0 saturated carbocycles. The summed E-state index contributed by atoms with van der Waals surface area (Å²) in [7, 11) is 0. The Morgan fingerprint density at radius 3 is 2.74 bits per heavy atom. The third-order valence-corrected chi connectivity index (χ3v) is 4.60. The van der Waals surface area contributed by atoms with E-state index in [9.17, 15) is 14.7 Å². The highest BCUT2D eigenvalue weighted by atomic mass is 16.4. The van der Waals surface area contributed by atoms with Crippen molar-refractivity contribution in [3.05, 3.63) is 41.6 Å². The molecule has 23 heavy (non-hydrogen) atoms. The first-order valence-corrected chi connectivity index (χ1v) is 7.86. The highest BCUT2D eigenvalue weighted by Crippen LogP contribution is 2.26. The third-order valence-electron chi connectivity index (χ3n) is 4.60. The number of benzene rings is 1. The molecule has 1 aliphatic heterocycles. The molecule has 120 valence electrons. The molecule has 1 N–H and O–H groups in total. The van der Waals surface area contributed by atoms with Crippen LogP contribution in [0, 0.1) is 18.8 Å². The lowest BCUT2D eigenvalue weighted by Gasteiger charge is -2.35. The monoisotopic (exact) mass is 312 g/mol. The first-order valence-electron chi connectivity index (χ1n) is 7.86. The van der Waals surface area contributed by atoms with Crippen LogP contribution in [0.4, 0.5) is 0 Å². The second-order valence-electron chi connectivity index (χ2n) is 6.29. The van der Waals surface area contributed by atoms with Gasteiger partial charge in [0.15, 0.2) is 0 Å². The van der Waals surface area contributed by atoms with Crippen LogP contribution in [0.15, 0.2) is 30.3 Å². The lowest BCUT2D eigenvalue weighted by Crippen LogP contribution is -2.45. The molecular formula is C18H20N2O3. The number of nitrogens with zero attached hydrogens (tertiary/aromatic N) is 2. The number of hydrogen-bond donors (Lipinski definition) is 1. The highest BCUT2D eigenvalue weighted by Gasteiger charge is 2.33. The van der Waals surface area contributed by atoms with Gasteiger partial charge in [0.05, 0.1) is 17.0 Å². The Labute approximate surface area is 134 Å². The van der Waals surface area contributed by atoms with Crippen LogP contribution in [0.3, 0.4) is 0 Å². The first kappa shape index (κ1) is 15.5. The van der Waals surface area contributed by atoms with Gasteiger partial charge in [0.1, 0.15) is 0 Å². The van der Waals surface area contributed by atoms with Gasteiger partial charge in [-0.1, -0.05) is 25.1 Å². The zero-order valence-corrected chi connectivity index (χ0v) is 13.3. The van der Waals surface area contributed by atoms with Crippen molar-refractivity contribution >= 4 is 22.8 Å². The maximum absolute atomic E-state index is 12.9. The van der Waals surface area contributed by atoms with E-state index >= 15 is 0 Å². The van der Waals surface area contributed by atoms with E-state index in [-0.39, 0.29) is 17.7 Å². The van der Waals surface area contributed by atoms with E-state index in [0.717, 1.165) is 11.1 Å². The average Bonchev–Trinajstić information content (AvgIpc) is 2.53. The molecule has 1 fully saturated rings. The third kappa shape index (κ3) is 2.91. The number of aromatic nitrogens is 1. The second kappa shape index (κ2) is 5.99.